The van der Waals surface area contributed by atoms with Crippen molar-refractivity contribution >= 4 is 11.8 Å². The van der Waals surface area contributed by atoms with Gasteiger partial charge in [-0.05, 0) is 58.8 Å². The van der Waals surface area contributed by atoms with E-state index in [4.69, 9.17) is 9.47 Å². The molecule has 1 spiro atoms. The van der Waals surface area contributed by atoms with E-state index in [-0.39, 0.29) is 37.7 Å². The summed E-state index contributed by atoms with van der Waals surface area (Å²) in [5.41, 5.74) is -7.47. The number of hydrogen-bond donors (Lipinski definition) is 4. The number of aliphatic hydroxyl groups excluding tert-OH is 1. The van der Waals surface area contributed by atoms with Crippen LogP contribution in [-0.2, 0) is 19.1 Å². The Morgan fingerprint density at radius 2 is 1.72 bits per heavy atom. The highest BCUT2D eigenvalue weighted by Crippen LogP contribution is 2.76. The summed E-state index contributed by atoms with van der Waals surface area (Å²) in [4.78, 5) is 26.0. The number of carbonyl (C=O) groups excluding carboxylic acids is 2. The molecule has 0 unspecified atom stereocenters. The Kier molecular flexibility index (Phi) is 5.57. The predicted molar refractivity (Wildman–Crippen MR) is 130 cm³/mol. The van der Waals surface area contributed by atoms with E-state index in [9.17, 15) is 30.0 Å². The number of rotatable bonds is 4. The van der Waals surface area contributed by atoms with Crippen LogP contribution in [0.3, 0.4) is 0 Å². The van der Waals surface area contributed by atoms with E-state index < -0.39 is 63.1 Å². The van der Waals surface area contributed by atoms with Gasteiger partial charge in [-0.1, -0.05) is 26.3 Å². The number of epoxide rings is 1. The first kappa shape index (κ1) is 26.3. The molecular weight excluding hydrogens is 464 g/mol. The van der Waals surface area contributed by atoms with Crippen molar-refractivity contribution in [1.29, 1.82) is 0 Å². The third kappa shape index (κ3) is 2.88. The van der Waals surface area contributed by atoms with Crippen LogP contribution >= 0.6 is 0 Å². The van der Waals surface area contributed by atoms with E-state index in [1.807, 2.05) is 27.7 Å². The summed E-state index contributed by atoms with van der Waals surface area (Å²) in [7, 11) is 0. The minimum Gasteiger partial charge on any atom is -0.458 e. The molecule has 8 nitrogen and oxygen atoms in total. The molecule has 4 aliphatic carbocycles. The molecule has 4 saturated carbocycles. The standard InChI is InChI=1S/C28H42O8/c1-15(2)16(3)11-22(31)35-20-12-19-23(5)8-7-18(30)13-27(23)21(36-27)14-26(19,33)28(34)10-9-25(32,17(4)29)24(20,28)6/h11,15,18-21,30,32-34H,7-10,12-14H2,1-6H3/b16-11+/t18-,19+,20+,21-,23+,24+,25+,26-,27-,28+/m0/s1. The van der Waals surface area contributed by atoms with Crippen molar-refractivity contribution in [3.63, 3.8) is 0 Å². The highest BCUT2D eigenvalue weighted by atomic mass is 16.6. The van der Waals surface area contributed by atoms with Crippen molar-refractivity contribution in [2.45, 2.75) is 127 Å². The highest BCUT2D eigenvalue weighted by molar-refractivity contribution is 5.87. The molecule has 0 aromatic heterocycles. The number of carbonyl (C=O) groups is 2. The monoisotopic (exact) mass is 506 g/mol. The topological polar surface area (TPSA) is 137 Å². The second kappa shape index (κ2) is 7.63. The SMILES string of the molecule is CC(=O)[C@]1(O)CC[C@@]2(O)[C@]1(C)[C@H](OC(=O)/C=C(\C)C(C)C)C[C@@H]1[C@@]3(C)CC[C@H](O)C[C@@]34O[C@H]4C[C@]12O. The number of ether oxygens (including phenoxy) is 2. The average molecular weight is 507 g/mol. The molecule has 1 saturated heterocycles. The van der Waals surface area contributed by atoms with Gasteiger partial charge in [-0.3, -0.25) is 4.79 Å². The fourth-order valence-corrected chi connectivity index (χ4v) is 8.91. The average Bonchev–Trinajstić information content (AvgIpc) is 3.41. The lowest BCUT2D eigenvalue weighted by atomic mass is 9.40. The highest BCUT2D eigenvalue weighted by Gasteiger charge is 2.87. The van der Waals surface area contributed by atoms with Gasteiger partial charge in [0.05, 0.1) is 17.6 Å². The van der Waals surface area contributed by atoms with Gasteiger partial charge in [-0.15, -0.1) is 0 Å². The molecule has 1 aliphatic heterocycles. The predicted octanol–water partition coefficient (Wildman–Crippen LogP) is 2.20. The molecule has 36 heavy (non-hydrogen) atoms. The van der Waals surface area contributed by atoms with Gasteiger partial charge in [0.1, 0.15) is 28.5 Å². The van der Waals surface area contributed by atoms with Crippen LogP contribution in [0.15, 0.2) is 11.6 Å². The van der Waals surface area contributed by atoms with Crippen molar-refractivity contribution in [3.05, 3.63) is 11.6 Å². The van der Waals surface area contributed by atoms with Crippen LogP contribution in [0, 0.1) is 22.7 Å². The Morgan fingerprint density at radius 1 is 1.06 bits per heavy atom. The first-order valence-corrected chi connectivity index (χ1v) is 13.5. The number of allylic oxidation sites excluding steroid dienone is 1. The first-order chi connectivity index (χ1) is 16.5. The molecule has 0 bridgehead atoms. The van der Waals surface area contributed by atoms with Gasteiger partial charge in [0, 0.05) is 30.3 Å². The van der Waals surface area contributed by atoms with Crippen LogP contribution in [0.2, 0.25) is 0 Å². The maximum atomic E-state index is 13.1. The summed E-state index contributed by atoms with van der Waals surface area (Å²) in [6, 6.07) is 0. The molecule has 4 N–H and O–H groups in total. The van der Waals surface area contributed by atoms with Gasteiger partial charge >= 0.3 is 5.97 Å². The number of fused-ring (bicyclic) bond motifs is 4. The van der Waals surface area contributed by atoms with Gasteiger partial charge in [-0.2, -0.15) is 0 Å². The molecule has 0 aromatic carbocycles. The zero-order chi connectivity index (χ0) is 26.7. The number of esters is 1. The molecule has 5 fully saturated rings. The van der Waals surface area contributed by atoms with Crippen molar-refractivity contribution in [1.82, 2.24) is 0 Å². The largest absolute Gasteiger partial charge is 0.458 e. The van der Waals surface area contributed by atoms with Gasteiger partial charge in [0.2, 0.25) is 0 Å². The molecule has 0 radical (unpaired) electrons. The van der Waals surface area contributed by atoms with Crippen molar-refractivity contribution in [2.75, 3.05) is 0 Å². The quantitative estimate of drug-likeness (QED) is 0.259. The zero-order valence-electron chi connectivity index (χ0n) is 22.3. The van der Waals surface area contributed by atoms with E-state index in [0.717, 1.165) is 5.57 Å². The lowest BCUT2D eigenvalue weighted by molar-refractivity contribution is -0.326. The van der Waals surface area contributed by atoms with Gasteiger partial charge in [0.15, 0.2) is 5.78 Å². The molecule has 0 amide bonds. The number of Topliss-reactive ketones (excluding diaryl/α,β-unsaturated/α-hetero) is 1. The van der Waals surface area contributed by atoms with Crippen LogP contribution in [0.5, 0.6) is 0 Å². The molecule has 5 aliphatic rings. The van der Waals surface area contributed by atoms with Crippen LogP contribution < -0.4 is 0 Å². The molecule has 1 heterocycles. The van der Waals surface area contributed by atoms with Crippen molar-refractivity contribution in [2.24, 2.45) is 22.7 Å². The minimum absolute atomic E-state index is 0.0000827. The van der Waals surface area contributed by atoms with Crippen LogP contribution in [-0.4, -0.2) is 72.9 Å². The third-order valence-electron chi connectivity index (χ3n) is 11.6. The molecular formula is C28H42O8. The van der Waals surface area contributed by atoms with Gasteiger partial charge < -0.3 is 29.9 Å². The maximum absolute atomic E-state index is 13.1. The third-order valence-corrected chi connectivity index (χ3v) is 11.6. The first-order valence-electron chi connectivity index (χ1n) is 13.5. The number of hydrogen-bond acceptors (Lipinski definition) is 8. The second-order valence-corrected chi connectivity index (χ2v) is 13.2. The van der Waals surface area contributed by atoms with E-state index in [1.54, 1.807) is 6.92 Å². The van der Waals surface area contributed by atoms with Gasteiger partial charge in [0.25, 0.3) is 0 Å². The molecule has 202 valence electrons. The minimum atomic E-state index is -1.97. The Balaban J connectivity index is 1.63. The maximum Gasteiger partial charge on any atom is 0.330 e. The summed E-state index contributed by atoms with van der Waals surface area (Å²) in [5, 5.41) is 47.2. The van der Waals surface area contributed by atoms with Crippen molar-refractivity contribution in [3.8, 4) is 0 Å². The lowest BCUT2D eigenvalue weighted by Crippen LogP contribution is -2.80. The smallest absolute Gasteiger partial charge is 0.330 e. The van der Waals surface area contributed by atoms with Crippen molar-refractivity contribution < 1.29 is 39.5 Å². The Hall–Kier alpha value is -1.32. The summed E-state index contributed by atoms with van der Waals surface area (Å²) in [6.45, 7) is 10.7. The lowest BCUT2D eigenvalue weighted by Gasteiger charge is -2.67. The van der Waals surface area contributed by atoms with E-state index in [1.165, 1.54) is 13.0 Å². The normalized spacial score (nSPS) is 53.7. The summed E-state index contributed by atoms with van der Waals surface area (Å²) in [6.07, 6.45) is 1.50. The molecule has 0 aromatic rings. The summed E-state index contributed by atoms with van der Waals surface area (Å²) >= 11 is 0. The Bertz CT molecular complexity index is 1020. The van der Waals surface area contributed by atoms with E-state index in [0.29, 0.717) is 19.3 Å². The molecule has 5 rings (SSSR count). The zero-order valence-corrected chi connectivity index (χ0v) is 22.3. The summed E-state index contributed by atoms with van der Waals surface area (Å²) < 4.78 is 12.3. The molecule has 8 heteroatoms. The van der Waals surface area contributed by atoms with E-state index >= 15 is 0 Å². The number of ketones is 1. The van der Waals surface area contributed by atoms with E-state index in [2.05, 4.69) is 0 Å². The van der Waals surface area contributed by atoms with Gasteiger partial charge in [-0.25, -0.2) is 4.79 Å². The van der Waals surface area contributed by atoms with Crippen LogP contribution in [0.1, 0.15) is 86.5 Å². The fraction of sp³-hybridized carbons (Fsp3) is 0.857. The Morgan fingerprint density at radius 3 is 2.33 bits per heavy atom. The number of aliphatic hydroxyl groups is 4. The second-order valence-electron chi connectivity index (χ2n) is 13.2. The van der Waals surface area contributed by atoms with Crippen LogP contribution in [0.4, 0.5) is 0 Å². The summed E-state index contributed by atoms with van der Waals surface area (Å²) in [5.74, 6) is -1.49. The molecule has 10 atom stereocenters. The fourth-order valence-electron chi connectivity index (χ4n) is 8.91. The van der Waals surface area contributed by atoms with Crippen LogP contribution in [0.25, 0.3) is 0 Å². The Labute approximate surface area is 213 Å².